The summed E-state index contributed by atoms with van der Waals surface area (Å²) in [7, 11) is 0. The molecule has 0 saturated carbocycles. The summed E-state index contributed by atoms with van der Waals surface area (Å²) in [6, 6.07) is 21.0. The molecule has 3 aromatic carbocycles. The topological polar surface area (TPSA) is 77.6 Å². The maximum absolute atomic E-state index is 13.1. The molecule has 6 nitrogen and oxygen atoms in total. The number of carbonyl (C=O) groups is 2. The number of hydrogen-bond acceptors (Lipinski definition) is 5. The Hall–Kier alpha value is -3.04. The summed E-state index contributed by atoms with van der Waals surface area (Å²) in [6.45, 7) is 3.44. The zero-order valence-corrected chi connectivity index (χ0v) is 22.5. The van der Waals surface area contributed by atoms with Gasteiger partial charge >= 0.3 is 11.9 Å². The average molecular weight is 616 g/mol. The summed E-state index contributed by atoms with van der Waals surface area (Å²) in [5.41, 5.74) is 3.35. The SMILES string of the molecule is CC1(C)OC(=O)C([C@@H](c2ccc(OCc3ccc(I)cc3)c(Cl)c2)c2c[nH]c3ccccc23)C(=O)O1. The number of halogens is 2. The van der Waals surface area contributed by atoms with Gasteiger partial charge in [0.25, 0.3) is 5.79 Å². The molecule has 1 atom stereocenters. The molecule has 0 radical (unpaired) electrons. The number of benzene rings is 3. The molecular formula is C28H23ClINO5. The maximum Gasteiger partial charge on any atom is 0.324 e. The van der Waals surface area contributed by atoms with Crippen molar-refractivity contribution < 1.29 is 23.8 Å². The minimum absolute atomic E-state index is 0.359. The molecule has 1 saturated heterocycles. The van der Waals surface area contributed by atoms with Gasteiger partial charge in [-0.05, 0) is 69.6 Å². The van der Waals surface area contributed by atoms with E-state index in [1.807, 2.05) is 60.8 Å². The van der Waals surface area contributed by atoms with Crippen molar-refractivity contribution in [3.63, 3.8) is 0 Å². The molecule has 1 fully saturated rings. The Morgan fingerprint density at radius 3 is 2.42 bits per heavy atom. The van der Waals surface area contributed by atoms with E-state index < -0.39 is 29.6 Å². The summed E-state index contributed by atoms with van der Waals surface area (Å²) in [5, 5.41) is 1.27. The van der Waals surface area contributed by atoms with Gasteiger partial charge in [-0.15, -0.1) is 0 Å². The van der Waals surface area contributed by atoms with Gasteiger partial charge in [-0.3, -0.25) is 9.59 Å². The Bertz CT molecular complexity index is 1430. The number of carbonyl (C=O) groups excluding carboxylic acids is 2. The highest BCUT2D eigenvalue weighted by Crippen LogP contribution is 2.42. The number of H-pyrrole nitrogens is 1. The predicted molar refractivity (Wildman–Crippen MR) is 145 cm³/mol. The lowest BCUT2D eigenvalue weighted by molar-refractivity contribution is -0.240. The summed E-state index contributed by atoms with van der Waals surface area (Å²) in [4.78, 5) is 29.4. The highest BCUT2D eigenvalue weighted by atomic mass is 127. The molecule has 1 aliphatic heterocycles. The van der Waals surface area contributed by atoms with Gasteiger partial charge < -0.3 is 19.2 Å². The predicted octanol–water partition coefficient (Wildman–Crippen LogP) is 6.59. The van der Waals surface area contributed by atoms with Gasteiger partial charge in [0.05, 0.1) is 5.02 Å². The third kappa shape index (κ3) is 4.95. The van der Waals surface area contributed by atoms with Gasteiger partial charge in [0, 0.05) is 40.4 Å². The van der Waals surface area contributed by atoms with Gasteiger partial charge in [0.1, 0.15) is 12.4 Å². The van der Waals surface area contributed by atoms with Crippen LogP contribution < -0.4 is 4.74 Å². The van der Waals surface area contributed by atoms with Crippen LogP contribution in [0.5, 0.6) is 5.75 Å². The van der Waals surface area contributed by atoms with E-state index in [2.05, 4.69) is 27.6 Å². The van der Waals surface area contributed by atoms with Crippen LogP contribution >= 0.6 is 34.2 Å². The second-order valence-electron chi connectivity index (χ2n) is 9.09. The number of aromatic amines is 1. The van der Waals surface area contributed by atoms with Crippen molar-refractivity contribution in [3.8, 4) is 5.75 Å². The van der Waals surface area contributed by atoms with E-state index >= 15 is 0 Å². The molecule has 0 aliphatic carbocycles. The molecule has 0 unspecified atom stereocenters. The quantitative estimate of drug-likeness (QED) is 0.151. The molecule has 1 N–H and O–H groups in total. The molecule has 0 spiro atoms. The molecule has 2 heterocycles. The lowest BCUT2D eigenvalue weighted by Gasteiger charge is -2.36. The largest absolute Gasteiger partial charge is 0.487 e. The minimum atomic E-state index is -1.32. The number of fused-ring (bicyclic) bond motifs is 1. The molecule has 36 heavy (non-hydrogen) atoms. The summed E-state index contributed by atoms with van der Waals surface area (Å²) in [6.07, 6.45) is 1.81. The van der Waals surface area contributed by atoms with Crippen LogP contribution in [-0.2, 0) is 25.7 Å². The van der Waals surface area contributed by atoms with E-state index in [1.165, 1.54) is 13.8 Å². The summed E-state index contributed by atoms with van der Waals surface area (Å²) >= 11 is 8.89. The number of nitrogens with one attached hydrogen (secondary N) is 1. The van der Waals surface area contributed by atoms with Crippen molar-refractivity contribution in [2.75, 3.05) is 0 Å². The maximum atomic E-state index is 13.1. The molecule has 4 aromatic rings. The first-order valence-electron chi connectivity index (χ1n) is 11.4. The van der Waals surface area contributed by atoms with Crippen molar-refractivity contribution in [3.05, 3.63) is 98.2 Å². The lowest BCUT2D eigenvalue weighted by Crippen LogP contribution is -2.48. The highest BCUT2D eigenvalue weighted by Gasteiger charge is 2.48. The Kier molecular flexibility index (Phi) is 6.70. The van der Waals surface area contributed by atoms with Crippen LogP contribution in [-0.4, -0.2) is 22.7 Å². The van der Waals surface area contributed by atoms with Crippen molar-refractivity contribution in [2.45, 2.75) is 32.2 Å². The van der Waals surface area contributed by atoms with Crippen LogP contribution in [0.25, 0.3) is 10.9 Å². The number of cyclic esters (lactones) is 2. The number of aromatic nitrogens is 1. The van der Waals surface area contributed by atoms with Crippen LogP contribution in [0.1, 0.15) is 36.5 Å². The number of rotatable bonds is 6. The lowest BCUT2D eigenvalue weighted by atomic mass is 9.80. The molecule has 5 rings (SSSR count). The van der Waals surface area contributed by atoms with Crippen LogP contribution in [0.2, 0.25) is 5.02 Å². The highest BCUT2D eigenvalue weighted by molar-refractivity contribution is 14.1. The molecular weight excluding hydrogens is 593 g/mol. The summed E-state index contributed by atoms with van der Waals surface area (Å²) in [5.74, 6) is -3.96. The van der Waals surface area contributed by atoms with E-state index in [-0.39, 0.29) is 0 Å². The third-order valence-electron chi connectivity index (χ3n) is 6.11. The Morgan fingerprint density at radius 2 is 1.72 bits per heavy atom. The number of ether oxygens (including phenoxy) is 3. The Morgan fingerprint density at radius 1 is 1.03 bits per heavy atom. The molecule has 0 bridgehead atoms. The normalized spacial score (nSPS) is 16.4. The van der Waals surface area contributed by atoms with E-state index in [9.17, 15) is 9.59 Å². The average Bonchev–Trinajstić information content (AvgIpc) is 3.25. The van der Waals surface area contributed by atoms with E-state index in [4.69, 9.17) is 25.8 Å². The summed E-state index contributed by atoms with van der Waals surface area (Å²) < 4.78 is 18.0. The van der Waals surface area contributed by atoms with Gasteiger partial charge in [-0.2, -0.15) is 0 Å². The van der Waals surface area contributed by atoms with Crippen molar-refractivity contribution in [2.24, 2.45) is 5.92 Å². The van der Waals surface area contributed by atoms with E-state index in [1.54, 1.807) is 12.1 Å². The zero-order chi connectivity index (χ0) is 25.4. The van der Waals surface area contributed by atoms with Crippen LogP contribution in [0.3, 0.4) is 0 Å². The second-order valence-corrected chi connectivity index (χ2v) is 10.7. The Balaban J connectivity index is 1.52. The van der Waals surface area contributed by atoms with Gasteiger partial charge in [0.2, 0.25) is 0 Å². The number of hydrogen-bond donors (Lipinski definition) is 1. The first-order valence-corrected chi connectivity index (χ1v) is 12.9. The molecule has 8 heteroatoms. The smallest absolute Gasteiger partial charge is 0.324 e. The minimum Gasteiger partial charge on any atom is -0.487 e. The first-order chi connectivity index (χ1) is 17.2. The van der Waals surface area contributed by atoms with Crippen molar-refractivity contribution >= 4 is 57.0 Å². The Labute approximate surface area is 227 Å². The van der Waals surface area contributed by atoms with E-state index in [0.717, 1.165) is 25.6 Å². The van der Waals surface area contributed by atoms with Gasteiger partial charge in [-0.1, -0.05) is 48.0 Å². The van der Waals surface area contributed by atoms with Crippen molar-refractivity contribution in [1.82, 2.24) is 4.98 Å². The number of esters is 2. The molecule has 0 amide bonds. The first kappa shape index (κ1) is 24.6. The molecule has 1 aromatic heterocycles. The fourth-order valence-electron chi connectivity index (χ4n) is 4.47. The standard InChI is InChI=1S/C28H23ClINO5/c1-28(2)35-26(32)25(27(33)36-28)24(20-14-31-22-6-4-3-5-19(20)22)17-9-12-23(21(29)13-17)34-15-16-7-10-18(30)11-8-16/h3-14,24-25,31H,15H2,1-2H3/t24-/m0/s1. The molecule has 1 aliphatic rings. The van der Waals surface area contributed by atoms with Crippen LogP contribution in [0.15, 0.2) is 72.9 Å². The second kappa shape index (κ2) is 9.78. The number of para-hydroxylation sites is 1. The fourth-order valence-corrected chi connectivity index (χ4v) is 5.08. The fraction of sp³-hybridized carbons (Fsp3) is 0.214. The van der Waals surface area contributed by atoms with Crippen LogP contribution in [0, 0.1) is 9.49 Å². The zero-order valence-electron chi connectivity index (χ0n) is 19.6. The monoisotopic (exact) mass is 615 g/mol. The third-order valence-corrected chi connectivity index (χ3v) is 7.13. The van der Waals surface area contributed by atoms with Gasteiger partial charge in [-0.25, -0.2) is 0 Å². The van der Waals surface area contributed by atoms with Gasteiger partial charge in [0.15, 0.2) is 5.92 Å². The molecule has 184 valence electrons. The van der Waals surface area contributed by atoms with Crippen LogP contribution in [0.4, 0.5) is 0 Å². The van der Waals surface area contributed by atoms with E-state index in [0.29, 0.717) is 22.9 Å². The van der Waals surface area contributed by atoms with Crippen molar-refractivity contribution in [1.29, 1.82) is 0 Å².